The number of nitrogens with zero attached hydrogens (tertiary/aromatic N) is 2. The molecule has 27 heavy (non-hydrogen) atoms. The monoisotopic (exact) mass is 506 g/mol. The van der Waals surface area contributed by atoms with E-state index in [2.05, 4.69) is 20.5 Å². The Hall–Kier alpha value is -1.06. The van der Waals surface area contributed by atoms with E-state index in [0.29, 0.717) is 26.2 Å². The number of ether oxygens (including phenoxy) is 1. The van der Waals surface area contributed by atoms with Gasteiger partial charge in [0.25, 0.3) is 0 Å². The van der Waals surface area contributed by atoms with Crippen molar-refractivity contribution in [3.8, 4) is 0 Å². The lowest BCUT2D eigenvalue weighted by atomic mass is 9.79. The molecule has 1 atom stereocenters. The fourth-order valence-corrected chi connectivity index (χ4v) is 3.89. The van der Waals surface area contributed by atoms with Gasteiger partial charge < -0.3 is 20.3 Å². The number of hydrogen-bond acceptors (Lipinski definition) is 3. The van der Waals surface area contributed by atoms with Crippen molar-refractivity contribution in [2.24, 2.45) is 10.4 Å². The van der Waals surface area contributed by atoms with E-state index < -0.39 is 0 Å². The standard InChI is InChI=1S/C19H27ClN4O2.HI/c1-21-18(22-8-10-26-12-15-3-5-16(20)6-4-15)24-9-2-7-19(14-24)11-17(25)23-13-19;/h3-6H,2,7-14H2,1H3,(H,21,22)(H,23,25);1H. The second-order valence-corrected chi connectivity index (χ2v) is 7.57. The average Bonchev–Trinajstić information content (AvgIpc) is 2.99. The molecule has 1 unspecified atom stereocenters. The number of rotatable bonds is 5. The molecule has 6 nitrogen and oxygen atoms in total. The van der Waals surface area contributed by atoms with Gasteiger partial charge in [0.05, 0.1) is 13.2 Å². The Bertz CT molecular complexity index is 656. The second-order valence-electron chi connectivity index (χ2n) is 7.13. The van der Waals surface area contributed by atoms with Gasteiger partial charge in [0, 0.05) is 50.1 Å². The number of hydrogen-bond donors (Lipinski definition) is 2. The van der Waals surface area contributed by atoms with Crippen molar-refractivity contribution in [2.45, 2.75) is 25.9 Å². The molecular formula is C19H28ClIN4O2. The SMILES string of the molecule is CN=C(NCCOCc1ccc(Cl)cc1)N1CCCC2(CNC(=O)C2)C1.I. The molecule has 0 aliphatic carbocycles. The molecule has 2 fully saturated rings. The van der Waals surface area contributed by atoms with E-state index in [9.17, 15) is 4.79 Å². The van der Waals surface area contributed by atoms with Gasteiger partial charge >= 0.3 is 0 Å². The van der Waals surface area contributed by atoms with E-state index in [-0.39, 0.29) is 35.3 Å². The normalized spacial score (nSPS) is 22.5. The molecule has 0 bridgehead atoms. The lowest BCUT2D eigenvalue weighted by Gasteiger charge is -2.40. The van der Waals surface area contributed by atoms with Crippen molar-refractivity contribution in [2.75, 3.05) is 39.8 Å². The van der Waals surface area contributed by atoms with Crippen LogP contribution in [0.3, 0.4) is 0 Å². The third kappa shape index (κ3) is 6.22. The Labute approximate surface area is 183 Å². The van der Waals surface area contributed by atoms with Crippen LogP contribution in [0.2, 0.25) is 5.02 Å². The number of benzene rings is 1. The Kier molecular flexibility index (Phi) is 8.62. The first kappa shape index (κ1) is 22.2. The zero-order chi connectivity index (χ0) is 18.4. The van der Waals surface area contributed by atoms with Crippen LogP contribution >= 0.6 is 35.6 Å². The number of likely N-dealkylation sites (tertiary alicyclic amines) is 1. The van der Waals surface area contributed by atoms with Gasteiger partial charge in [-0.3, -0.25) is 9.79 Å². The van der Waals surface area contributed by atoms with Gasteiger partial charge in [0.2, 0.25) is 5.91 Å². The Morgan fingerprint density at radius 1 is 1.41 bits per heavy atom. The number of amides is 1. The Balaban J connectivity index is 0.00000261. The zero-order valence-corrected chi connectivity index (χ0v) is 18.8. The van der Waals surface area contributed by atoms with Gasteiger partial charge in [-0.25, -0.2) is 0 Å². The highest BCUT2D eigenvalue weighted by molar-refractivity contribution is 14.0. The van der Waals surface area contributed by atoms with Gasteiger partial charge in [-0.1, -0.05) is 23.7 Å². The third-order valence-corrected chi connectivity index (χ3v) is 5.33. The minimum Gasteiger partial charge on any atom is -0.375 e. The van der Waals surface area contributed by atoms with Gasteiger partial charge in [0.1, 0.15) is 0 Å². The van der Waals surface area contributed by atoms with Gasteiger partial charge in [-0.05, 0) is 30.5 Å². The average molecular weight is 507 g/mol. The van der Waals surface area contributed by atoms with Crippen LogP contribution in [0.1, 0.15) is 24.8 Å². The molecule has 2 heterocycles. The van der Waals surface area contributed by atoms with Crippen molar-refractivity contribution in [3.63, 3.8) is 0 Å². The highest BCUT2D eigenvalue weighted by Crippen LogP contribution is 2.35. The molecule has 0 saturated carbocycles. The summed E-state index contributed by atoms with van der Waals surface area (Å²) in [5.74, 6) is 1.06. The lowest BCUT2D eigenvalue weighted by molar-refractivity contribution is -0.119. The van der Waals surface area contributed by atoms with Crippen molar-refractivity contribution in [3.05, 3.63) is 34.9 Å². The maximum atomic E-state index is 11.6. The Morgan fingerprint density at radius 2 is 2.19 bits per heavy atom. The predicted octanol–water partition coefficient (Wildman–Crippen LogP) is 2.65. The van der Waals surface area contributed by atoms with Gasteiger partial charge in [0.15, 0.2) is 5.96 Å². The highest BCUT2D eigenvalue weighted by atomic mass is 127. The number of carbonyl (C=O) groups is 1. The van der Waals surface area contributed by atoms with Crippen LogP contribution in [0.15, 0.2) is 29.3 Å². The van der Waals surface area contributed by atoms with Gasteiger partial charge in [-0.2, -0.15) is 0 Å². The van der Waals surface area contributed by atoms with E-state index in [0.717, 1.165) is 49.0 Å². The highest BCUT2D eigenvalue weighted by Gasteiger charge is 2.42. The number of nitrogens with one attached hydrogen (secondary N) is 2. The van der Waals surface area contributed by atoms with Crippen molar-refractivity contribution < 1.29 is 9.53 Å². The van der Waals surface area contributed by atoms with Crippen LogP contribution in [0.5, 0.6) is 0 Å². The van der Waals surface area contributed by atoms with E-state index in [4.69, 9.17) is 16.3 Å². The van der Waals surface area contributed by atoms with Crippen LogP contribution in [-0.4, -0.2) is 56.6 Å². The zero-order valence-electron chi connectivity index (χ0n) is 15.7. The fraction of sp³-hybridized carbons (Fsp3) is 0.579. The molecule has 3 rings (SSSR count). The minimum atomic E-state index is 0. The molecule has 2 saturated heterocycles. The molecule has 0 aromatic heterocycles. The van der Waals surface area contributed by atoms with Crippen LogP contribution in [0.25, 0.3) is 0 Å². The lowest BCUT2D eigenvalue weighted by Crippen LogP contribution is -2.51. The number of aliphatic imine (C=N–C) groups is 1. The largest absolute Gasteiger partial charge is 0.375 e. The van der Waals surface area contributed by atoms with Crippen LogP contribution in [0, 0.1) is 5.41 Å². The molecule has 8 heteroatoms. The first-order valence-electron chi connectivity index (χ1n) is 9.15. The molecule has 2 aliphatic heterocycles. The molecular weight excluding hydrogens is 479 g/mol. The van der Waals surface area contributed by atoms with Crippen LogP contribution in [-0.2, 0) is 16.1 Å². The topological polar surface area (TPSA) is 66.0 Å². The van der Waals surface area contributed by atoms with Crippen molar-refractivity contribution >= 4 is 47.4 Å². The van der Waals surface area contributed by atoms with E-state index in [1.807, 2.05) is 24.3 Å². The number of halogens is 2. The summed E-state index contributed by atoms with van der Waals surface area (Å²) in [4.78, 5) is 18.3. The van der Waals surface area contributed by atoms with Crippen LogP contribution in [0.4, 0.5) is 0 Å². The molecule has 2 aliphatic rings. The summed E-state index contributed by atoms with van der Waals surface area (Å²) < 4.78 is 5.72. The molecule has 1 aromatic rings. The first-order chi connectivity index (χ1) is 12.6. The maximum absolute atomic E-state index is 11.6. The summed E-state index contributed by atoms with van der Waals surface area (Å²) in [5.41, 5.74) is 1.17. The van der Waals surface area contributed by atoms with Crippen LogP contribution < -0.4 is 10.6 Å². The van der Waals surface area contributed by atoms with E-state index >= 15 is 0 Å². The van der Waals surface area contributed by atoms with Crippen molar-refractivity contribution in [1.82, 2.24) is 15.5 Å². The minimum absolute atomic E-state index is 0. The van der Waals surface area contributed by atoms with E-state index in [1.54, 1.807) is 7.05 Å². The molecule has 150 valence electrons. The molecule has 1 spiro atoms. The van der Waals surface area contributed by atoms with Gasteiger partial charge in [-0.15, -0.1) is 24.0 Å². The number of carbonyl (C=O) groups excluding carboxylic acids is 1. The quantitative estimate of drug-likeness (QED) is 0.279. The number of piperidine rings is 1. The molecule has 0 radical (unpaired) electrons. The summed E-state index contributed by atoms with van der Waals surface area (Å²) in [7, 11) is 1.80. The summed E-state index contributed by atoms with van der Waals surface area (Å²) in [6.07, 6.45) is 2.82. The molecule has 2 N–H and O–H groups in total. The van der Waals surface area contributed by atoms with E-state index in [1.165, 1.54) is 0 Å². The maximum Gasteiger partial charge on any atom is 0.220 e. The molecule has 1 amide bonds. The predicted molar refractivity (Wildman–Crippen MR) is 119 cm³/mol. The second kappa shape index (κ2) is 10.5. The summed E-state index contributed by atoms with van der Waals surface area (Å²) in [5, 5.41) is 7.09. The summed E-state index contributed by atoms with van der Waals surface area (Å²) >= 11 is 5.88. The summed E-state index contributed by atoms with van der Waals surface area (Å²) in [6.45, 7) is 4.49. The smallest absolute Gasteiger partial charge is 0.220 e. The van der Waals surface area contributed by atoms with Crippen molar-refractivity contribution in [1.29, 1.82) is 0 Å². The fourth-order valence-electron chi connectivity index (χ4n) is 3.77. The number of guanidine groups is 1. The first-order valence-corrected chi connectivity index (χ1v) is 9.53. The Morgan fingerprint density at radius 3 is 2.85 bits per heavy atom. The summed E-state index contributed by atoms with van der Waals surface area (Å²) in [6, 6.07) is 7.68. The molecule has 1 aromatic carbocycles. The third-order valence-electron chi connectivity index (χ3n) is 5.08.